The normalized spacial score (nSPS) is 10.7. The van der Waals surface area contributed by atoms with Crippen LogP contribution in [0.15, 0.2) is 53.9 Å². The summed E-state index contributed by atoms with van der Waals surface area (Å²) in [5, 5.41) is 5.20. The molecule has 0 atom stereocenters. The van der Waals surface area contributed by atoms with E-state index in [1.165, 1.54) is 29.5 Å². The number of carbonyl (C=O) groups is 1. The van der Waals surface area contributed by atoms with Crippen LogP contribution in [0.4, 0.5) is 13.9 Å². The van der Waals surface area contributed by atoms with Crippen molar-refractivity contribution in [1.82, 2.24) is 4.98 Å². The van der Waals surface area contributed by atoms with Crippen molar-refractivity contribution in [3.63, 3.8) is 0 Å². The van der Waals surface area contributed by atoms with Crippen LogP contribution in [0.2, 0.25) is 5.02 Å². The lowest BCUT2D eigenvalue weighted by Crippen LogP contribution is -2.14. The van der Waals surface area contributed by atoms with E-state index in [0.717, 1.165) is 5.56 Å². The molecule has 25 heavy (non-hydrogen) atoms. The third kappa shape index (κ3) is 4.12. The van der Waals surface area contributed by atoms with Crippen LogP contribution in [-0.4, -0.2) is 17.5 Å². The Hall–Kier alpha value is -2.51. The van der Waals surface area contributed by atoms with Gasteiger partial charge in [-0.05, 0) is 18.2 Å². The second-order valence-electron chi connectivity index (χ2n) is 4.85. The van der Waals surface area contributed by atoms with Gasteiger partial charge in [-0.1, -0.05) is 41.9 Å². The van der Waals surface area contributed by atoms with Gasteiger partial charge >= 0.3 is 6.61 Å². The lowest BCUT2D eigenvalue weighted by molar-refractivity contribution is -0.0501. The van der Waals surface area contributed by atoms with Gasteiger partial charge in [-0.2, -0.15) is 8.78 Å². The molecule has 2 aromatic carbocycles. The number of rotatable bonds is 5. The number of hydrogen-bond acceptors (Lipinski definition) is 4. The second kappa shape index (κ2) is 7.58. The average molecular weight is 381 g/mol. The first-order valence-electron chi connectivity index (χ1n) is 7.10. The van der Waals surface area contributed by atoms with Crippen LogP contribution in [0.25, 0.3) is 11.3 Å². The summed E-state index contributed by atoms with van der Waals surface area (Å²) < 4.78 is 29.3. The number of amides is 1. The molecule has 0 saturated heterocycles. The van der Waals surface area contributed by atoms with Crippen LogP contribution in [0.3, 0.4) is 0 Å². The van der Waals surface area contributed by atoms with Crippen molar-refractivity contribution in [2.45, 2.75) is 6.61 Å². The Kier molecular flexibility index (Phi) is 5.25. The van der Waals surface area contributed by atoms with E-state index in [1.807, 2.05) is 12.1 Å². The molecule has 0 saturated carbocycles. The molecule has 0 aliphatic heterocycles. The molecule has 1 aromatic heterocycles. The number of aromatic nitrogens is 1. The molecule has 0 fully saturated rings. The standard InChI is InChI=1S/C17H11ClF2N2O2S/c18-12-7-3-1-5-10(12)13-9-25-17(21-13)22-15(23)11-6-2-4-8-14(11)24-16(19)20/h1-9,16H,(H,21,22,23). The summed E-state index contributed by atoms with van der Waals surface area (Å²) in [6.45, 7) is -3.01. The third-order valence-corrected chi connectivity index (χ3v) is 4.31. The Morgan fingerprint density at radius 1 is 1.16 bits per heavy atom. The minimum atomic E-state index is -3.01. The van der Waals surface area contributed by atoms with Gasteiger partial charge in [0.1, 0.15) is 5.75 Å². The zero-order valence-electron chi connectivity index (χ0n) is 12.6. The zero-order valence-corrected chi connectivity index (χ0v) is 14.2. The Labute approximate surface area is 151 Å². The average Bonchev–Trinajstić information content (AvgIpc) is 3.03. The lowest BCUT2D eigenvalue weighted by atomic mass is 10.2. The van der Waals surface area contributed by atoms with Crippen molar-refractivity contribution in [2.24, 2.45) is 0 Å². The van der Waals surface area contributed by atoms with Gasteiger partial charge in [-0.25, -0.2) is 4.98 Å². The maximum absolute atomic E-state index is 12.4. The number of halogens is 3. The van der Waals surface area contributed by atoms with Gasteiger partial charge in [-0.15, -0.1) is 11.3 Å². The molecular weight excluding hydrogens is 370 g/mol. The fraction of sp³-hybridized carbons (Fsp3) is 0.0588. The van der Waals surface area contributed by atoms with Gasteiger partial charge in [-0.3, -0.25) is 10.1 Å². The lowest BCUT2D eigenvalue weighted by Gasteiger charge is -2.09. The van der Waals surface area contributed by atoms with E-state index in [2.05, 4.69) is 15.0 Å². The van der Waals surface area contributed by atoms with Gasteiger partial charge in [0.2, 0.25) is 0 Å². The SMILES string of the molecule is O=C(Nc1nc(-c2ccccc2Cl)cs1)c1ccccc1OC(F)F. The van der Waals surface area contributed by atoms with Gasteiger partial charge in [0.25, 0.3) is 5.91 Å². The Morgan fingerprint density at radius 3 is 2.64 bits per heavy atom. The van der Waals surface area contributed by atoms with Crippen LogP contribution in [0, 0.1) is 0 Å². The molecule has 0 radical (unpaired) electrons. The van der Waals surface area contributed by atoms with Crippen LogP contribution < -0.4 is 10.1 Å². The number of alkyl halides is 2. The Bertz CT molecular complexity index is 902. The van der Waals surface area contributed by atoms with Crippen molar-refractivity contribution in [3.05, 3.63) is 64.5 Å². The topological polar surface area (TPSA) is 51.2 Å². The summed E-state index contributed by atoms with van der Waals surface area (Å²) in [5.74, 6) is -0.783. The van der Waals surface area contributed by atoms with E-state index in [0.29, 0.717) is 15.8 Å². The molecule has 3 aromatic rings. The van der Waals surface area contributed by atoms with Gasteiger partial charge in [0, 0.05) is 16.0 Å². The Balaban J connectivity index is 1.80. The third-order valence-electron chi connectivity index (χ3n) is 3.22. The van der Waals surface area contributed by atoms with E-state index in [9.17, 15) is 13.6 Å². The molecule has 3 rings (SSSR count). The van der Waals surface area contributed by atoms with Gasteiger partial charge in [0.05, 0.1) is 11.3 Å². The molecule has 4 nitrogen and oxygen atoms in total. The highest BCUT2D eigenvalue weighted by atomic mass is 35.5. The summed E-state index contributed by atoms with van der Waals surface area (Å²) in [6.07, 6.45) is 0. The molecule has 0 unspecified atom stereocenters. The zero-order chi connectivity index (χ0) is 17.8. The summed E-state index contributed by atoms with van der Waals surface area (Å²) in [6, 6.07) is 13.0. The summed E-state index contributed by atoms with van der Waals surface area (Å²) in [5.41, 5.74) is 1.35. The minimum absolute atomic E-state index is 0.00251. The number of ether oxygens (including phenoxy) is 1. The second-order valence-corrected chi connectivity index (χ2v) is 6.11. The number of para-hydroxylation sites is 1. The molecular formula is C17H11ClF2N2O2S. The van der Waals surface area contributed by atoms with Crippen molar-refractivity contribution in [3.8, 4) is 17.0 Å². The number of anilines is 1. The Morgan fingerprint density at radius 2 is 1.88 bits per heavy atom. The van der Waals surface area contributed by atoms with Crippen LogP contribution in [0.5, 0.6) is 5.75 Å². The summed E-state index contributed by atoms with van der Waals surface area (Å²) >= 11 is 7.33. The maximum atomic E-state index is 12.4. The predicted molar refractivity (Wildman–Crippen MR) is 93.6 cm³/mol. The van der Waals surface area contributed by atoms with E-state index >= 15 is 0 Å². The highest BCUT2D eigenvalue weighted by molar-refractivity contribution is 7.14. The maximum Gasteiger partial charge on any atom is 0.387 e. The van der Waals surface area contributed by atoms with Crippen LogP contribution >= 0.6 is 22.9 Å². The van der Waals surface area contributed by atoms with Crippen LogP contribution in [-0.2, 0) is 0 Å². The van der Waals surface area contributed by atoms with Crippen LogP contribution in [0.1, 0.15) is 10.4 Å². The molecule has 0 aliphatic carbocycles. The molecule has 1 amide bonds. The number of carbonyl (C=O) groups excluding carboxylic acids is 1. The molecule has 0 spiro atoms. The van der Waals surface area contributed by atoms with Crippen molar-refractivity contribution in [2.75, 3.05) is 5.32 Å². The fourth-order valence-corrected chi connectivity index (χ4v) is 3.08. The number of thiazole rings is 1. The van der Waals surface area contributed by atoms with E-state index in [1.54, 1.807) is 23.6 Å². The summed E-state index contributed by atoms with van der Waals surface area (Å²) in [7, 11) is 0. The van der Waals surface area contributed by atoms with Gasteiger partial charge < -0.3 is 4.74 Å². The largest absolute Gasteiger partial charge is 0.434 e. The molecule has 1 heterocycles. The monoisotopic (exact) mass is 380 g/mol. The number of hydrogen-bond donors (Lipinski definition) is 1. The molecule has 0 bridgehead atoms. The smallest absolute Gasteiger partial charge is 0.387 e. The minimum Gasteiger partial charge on any atom is -0.434 e. The van der Waals surface area contributed by atoms with Crippen molar-refractivity contribution < 1.29 is 18.3 Å². The van der Waals surface area contributed by atoms with Gasteiger partial charge in [0.15, 0.2) is 5.13 Å². The molecule has 8 heteroatoms. The van der Waals surface area contributed by atoms with Crippen molar-refractivity contribution >= 4 is 34.0 Å². The number of benzene rings is 2. The highest BCUT2D eigenvalue weighted by Crippen LogP contribution is 2.30. The molecule has 128 valence electrons. The number of nitrogens with zero attached hydrogens (tertiary/aromatic N) is 1. The first-order valence-corrected chi connectivity index (χ1v) is 8.36. The molecule has 0 aliphatic rings. The predicted octanol–water partition coefficient (Wildman–Crippen LogP) is 5.32. The summed E-state index contributed by atoms with van der Waals surface area (Å²) in [4.78, 5) is 16.6. The van der Waals surface area contributed by atoms with E-state index in [4.69, 9.17) is 11.6 Å². The molecule has 1 N–H and O–H groups in total. The fourth-order valence-electron chi connectivity index (χ4n) is 2.14. The van der Waals surface area contributed by atoms with Crippen molar-refractivity contribution in [1.29, 1.82) is 0 Å². The first-order chi connectivity index (χ1) is 12.0. The quantitative estimate of drug-likeness (QED) is 0.652. The highest BCUT2D eigenvalue weighted by Gasteiger charge is 2.17. The van der Waals surface area contributed by atoms with E-state index in [-0.39, 0.29) is 11.3 Å². The number of nitrogens with one attached hydrogen (secondary N) is 1. The first kappa shape index (κ1) is 17.3. The van der Waals surface area contributed by atoms with E-state index < -0.39 is 12.5 Å².